The molecule has 0 radical (unpaired) electrons. The fourth-order valence-electron chi connectivity index (χ4n) is 4.47. The molecule has 0 saturated carbocycles. The van der Waals surface area contributed by atoms with Crippen molar-refractivity contribution in [3.8, 4) is 5.75 Å². The largest absolute Gasteiger partial charge is 0.573 e. The average molecular weight is 535 g/mol. The number of carbonyl (C=O) groups is 1. The van der Waals surface area contributed by atoms with E-state index in [0.717, 1.165) is 0 Å². The number of rotatable bonds is 7. The number of aliphatic hydroxyl groups is 3. The van der Waals surface area contributed by atoms with E-state index in [2.05, 4.69) is 15.4 Å². The lowest BCUT2D eigenvalue weighted by Gasteiger charge is -2.34. The first kappa shape index (κ1) is 27.1. The Balaban J connectivity index is 1.45. The number of amides is 1. The molecule has 14 heteroatoms. The zero-order valence-corrected chi connectivity index (χ0v) is 19.0. The molecule has 8 nitrogen and oxygen atoms in total. The van der Waals surface area contributed by atoms with Crippen LogP contribution in [0, 0.1) is 5.82 Å². The molecule has 4 rings (SSSR count). The molecular formula is C23H23F6N3O5. The number of ether oxygens (including phenoxy) is 1. The number of hydrogen-bond acceptors (Lipinski definition) is 7. The van der Waals surface area contributed by atoms with Gasteiger partial charge in [-0.25, -0.2) is 4.39 Å². The predicted molar refractivity (Wildman–Crippen MR) is 114 cm³/mol. The molecule has 4 atom stereocenters. The van der Waals surface area contributed by atoms with Crippen molar-refractivity contribution in [2.75, 3.05) is 0 Å². The van der Waals surface area contributed by atoms with E-state index in [1.165, 1.54) is 17.0 Å². The normalized spacial score (nSPS) is 23.5. The van der Waals surface area contributed by atoms with Gasteiger partial charge in [0.2, 0.25) is 5.91 Å². The molecule has 2 aromatic rings. The number of fused-ring (bicyclic) bond motifs is 1. The van der Waals surface area contributed by atoms with Crippen molar-refractivity contribution in [1.82, 2.24) is 15.5 Å². The highest BCUT2D eigenvalue weighted by Gasteiger charge is 2.45. The van der Waals surface area contributed by atoms with Crippen molar-refractivity contribution >= 4 is 5.91 Å². The van der Waals surface area contributed by atoms with Crippen LogP contribution in [0.15, 0.2) is 36.4 Å². The maximum atomic E-state index is 14.8. The van der Waals surface area contributed by atoms with Crippen molar-refractivity contribution in [3.63, 3.8) is 0 Å². The minimum absolute atomic E-state index is 0.147. The minimum atomic E-state index is -5.36. The standard InChI is InChI=1S/C23H23F6N3O5/c24-13-2-4-15(17(8-13)37-23(27,28)29)22(25,26)21(36)30-9-11-1-3-14-12(7-11)10-32(20(14)35)16-5-6-18(33)31-19(16)34/h1-4,7-8,16,18,20-21,30,33,35-36H,5-6,9-10H2,(H,31,34)/t16?,18-,20+,21-/m1/s1. The van der Waals surface area contributed by atoms with Crippen LogP contribution in [0.3, 0.4) is 0 Å². The Labute approximate surface area is 206 Å². The van der Waals surface area contributed by atoms with Crippen molar-refractivity contribution in [2.45, 2.75) is 62.9 Å². The maximum absolute atomic E-state index is 14.8. The number of hydrogen-bond donors (Lipinski definition) is 5. The summed E-state index contributed by atoms with van der Waals surface area (Å²) in [5, 5.41) is 34.8. The highest BCUT2D eigenvalue weighted by molar-refractivity contribution is 5.82. The predicted octanol–water partition coefficient (Wildman–Crippen LogP) is 2.33. The molecular weight excluding hydrogens is 512 g/mol. The van der Waals surface area contributed by atoms with E-state index in [-0.39, 0.29) is 19.2 Å². The molecule has 0 aliphatic carbocycles. The quantitative estimate of drug-likeness (QED) is 0.273. The van der Waals surface area contributed by atoms with Crippen molar-refractivity contribution in [2.24, 2.45) is 0 Å². The van der Waals surface area contributed by atoms with E-state index < -0.39 is 60.0 Å². The number of benzene rings is 2. The molecule has 5 N–H and O–H groups in total. The number of nitrogens with zero attached hydrogens (tertiary/aromatic N) is 1. The van der Waals surface area contributed by atoms with Gasteiger partial charge < -0.3 is 25.4 Å². The summed E-state index contributed by atoms with van der Waals surface area (Å²) < 4.78 is 84.4. The third-order valence-electron chi connectivity index (χ3n) is 6.25. The van der Waals surface area contributed by atoms with Gasteiger partial charge in [0.05, 0.1) is 11.6 Å². The topological polar surface area (TPSA) is 114 Å². The van der Waals surface area contributed by atoms with E-state index in [0.29, 0.717) is 41.7 Å². The number of piperidine rings is 1. The van der Waals surface area contributed by atoms with Gasteiger partial charge >= 0.3 is 12.3 Å². The van der Waals surface area contributed by atoms with Gasteiger partial charge in [-0.3, -0.25) is 15.0 Å². The van der Waals surface area contributed by atoms with E-state index in [1.807, 2.05) is 0 Å². The summed E-state index contributed by atoms with van der Waals surface area (Å²) in [6, 6.07) is 4.97. The van der Waals surface area contributed by atoms with E-state index in [1.54, 1.807) is 6.07 Å². The van der Waals surface area contributed by atoms with Crippen LogP contribution < -0.4 is 15.4 Å². The summed E-state index contributed by atoms with van der Waals surface area (Å²) in [4.78, 5) is 13.8. The lowest BCUT2D eigenvalue weighted by molar-refractivity contribution is -0.276. The molecule has 202 valence electrons. The molecule has 2 aromatic carbocycles. The second-order valence-electron chi connectivity index (χ2n) is 8.79. The van der Waals surface area contributed by atoms with Crippen LogP contribution in [0.2, 0.25) is 0 Å². The second kappa shape index (κ2) is 10.1. The van der Waals surface area contributed by atoms with E-state index in [4.69, 9.17) is 0 Å². The van der Waals surface area contributed by atoms with Crippen LogP contribution in [0.25, 0.3) is 0 Å². The van der Waals surface area contributed by atoms with Gasteiger partial charge in [0.15, 0.2) is 6.23 Å². The summed E-state index contributed by atoms with van der Waals surface area (Å²) in [5.41, 5.74) is 0.132. The number of carbonyl (C=O) groups excluding carboxylic acids is 1. The first-order chi connectivity index (χ1) is 17.3. The first-order valence-electron chi connectivity index (χ1n) is 11.2. The van der Waals surface area contributed by atoms with Crippen LogP contribution in [0.5, 0.6) is 5.75 Å². The van der Waals surface area contributed by atoms with Crippen molar-refractivity contribution in [3.05, 3.63) is 64.5 Å². The zero-order chi connectivity index (χ0) is 27.1. The molecule has 37 heavy (non-hydrogen) atoms. The van der Waals surface area contributed by atoms with Gasteiger partial charge in [-0.2, -0.15) is 8.78 Å². The molecule has 1 unspecified atom stereocenters. The zero-order valence-electron chi connectivity index (χ0n) is 19.0. The Morgan fingerprint density at radius 2 is 1.84 bits per heavy atom. The Kier molecular flexibility index (Phi) is 7.41. The highest BCUT2D eigenvalue weighted by atomic mass is 19.4. The average Bonchev–Trinajstić information content (AvgIpc) is 3.11. The molecule has 0 bridgehead atoms. The van der Waals surface area contributed by atoms with Gasteiger partial charge in [0.1, 0.15) is 24.0 Å². The van der Waals surface area contributed by atoms with Gasteiger partial charge in [0, 0.05) is 19.2 Å². The van der Waals surface area contributed by atoms with Crippen LogP contribution >= 0.6 is 0 Å². The smallest absolute Gasteiger partial charge is 0.405 e. The molecule has 2 heterocycles. The number of aliphatic hydroxyl groups excluding tert-OH is 3. The van der Waals surface area contributed by atoms with Gasteiger partial charge in [-0.1, -0.05) is 18.2 Å². The Bertz CT molecular complexity index is 1160. The van der Waals surface area contributed by atoms with Crippen LogP contribution in [-0.2, 0) is 23.8 Å². The van der Waals surface area contributed by atoms with E-state index in [9.17, 15) is 46.5 Å². The molecule has 0 spiro atoms. The Hall–Kier alpha value is -2.91. The molecule has 1 saturated heterocycles. The van der Waals surface area contributed by atoms with Crippen molar-refractivity contribution in [1.29, 1.82) is 0 Å². The Morgan fingerprint density at radius 1 is 1.11 bits per heavy atom. The number of halogens is 6. The third-order valence-corrected chi connectivity index (χ3v) is 6.25. The molecule has 2 aliphatic rings. The van der Waals surface area contributed by atoms with Gasteiger partial charge in [-0.15, -0.1) is 13.2 Å². The maximum Gasteiger partial charge on any atom is 0.573 e. The lowest BCUT2D eigenvalue weighted by Crippen LogP contribution is -2.53. The third kappa shape index (κ3) is 5.83. The lowest BCUT2D eigenvalue weighted by atomic mass is 10.0. The monoisotopic (exact) mass is 535 g/mol. The fourth-order valence-corrected chi connectivity index (χ4v) is 4.47. The molecule has 2 aliphatic heterocycles. The van der Waals surface area contributed by atoms with Gasteiger partial charge in [-0.05, 0) is 41.7 Å². The van der Waals surface area contributed by atoms with Gasteiger partial charge in [0.25, 0.3) is 0 Å². The highest BCUT2D eigenvalue weighted by Crippen LogP contribution is 2.40. The second-order valence-corrected chi connectivity index (χ2v) is 8.79. The summed E-state index contributed by atoms with van der Waals surface area (Å²) in [6.07, 6.45) is -9.47. The SMILES string of the molecule is O=C1N[C@H](O)CCC1N1Cc2cc(CN[C@H](O)C(F)(F)c3ccc(F)cc3OC(F)(F)F)ccc2[C@@H]1O. The Morgan fingerprint density at radius 3 is 2.51 bits per heavy atom. The van der Waals surface area contributed by atoms with E-state index >= 15 is 0 Å². The summed E-state index contributed by atoms with van der Waals surface area (Å²) in [6.45, 7) is -0.183. The number of nitrogens with one attached hydrogen (secondary N) is 2. The van der Waals surface area contributed by atoms with Crippen LogP contribution in [0.1, 0.15) is 41.3 Å². The molecule has 1 amide bonds. The molecule has 0 aromatic heterocycles. The summed E-state index contributed by atoms with van der Waals surface area (Å²) in [5.74, 6) is -7.45. The fraction of sp³-hybridized carbons (Fsp3) is 0.435. The van der Waals surface area contributed by atoms with Crippen LogP contribution in [0.4, 0.5) is 26.3 Å². The minimum Gasteiger partial charge on any atom is -0.405 e. The number of alkyl halides is 5. The summed E-state index contributed by atoms with van der Waals surface area (Å²) in [7, 11) is 0. The van der Waals surface area contributed by atoms with Crippen molar-refractivity contribution < 1.29 is 51.2 Å². The molecule has 1 fully saturated rings. The first-order valence-corrected chi connectivity index (χ1v) is 11.2. The van der Waals surface area contributed by atoms with Crippen LogP contribution in [-0.4, -0.2) is 51.0 Å². The summed E-state index contributed by atoms with van der Waals surface area (Å²) >= 11 is 0.